The topological polar surface area (TPSA) is 36.4 Å². The van der Waals surface area contributed by atoms with Crippen LogP contribution in [0, 0.1) is 0 Å². The van der Waals surface area contributed by atoms with Gasteiger partial charge < -0.3 is 9.80 Å². The summed E-state index contributed by atoms with van der Waals surface area (Å²) in [6.45, 7) is 3.59. The highest BCUT2D eigenvalue weighted by Crippen LogP contribution is 2.25. The lowest BCUT2D eigenvalue weighted by Gasteiger charge is -2.37. The Bertz CT molecular complexity index is 625. The van der Waals surface area contributed by atoms with E-state index in [0.29, 0.717) is 0 Å². The maximum Gasteiger partial charge on any atom is 0.152 e. The number of hydrogen-bond donors (Lipinski definition) is 0. The summed E-state index contributed by atoms with van der Waals surface area (Å²) in [4.78, 5) is 20.2. The van der Waals surface area contributed by atoms with Crippen LogP contribution in [0.25, 0.3) is 0 Å². The summed E-state index contributed by atoms with van der Waals surface area (Å²) in [6, 6.07) is 11.8. The van der Waals surface area contributed by atoms with Crippen molar-refractivity contribution in [2.75, 3.05) is 36.0 Å². The van der Waals surface area contributed by atoms with Crippen molar-refractivity contribution in [1.82, 2.24) is 4.98 Å². The number of hydrogen-bond acceptors (Lipinski definition) is 4. The summed E-state index contributed by atoms with van der Waals surface area (Å²) in [7, 11) is 0. The molecule has 4 nitrogen and oxygen atoms in total. The molecule has 0 spiro atoms. The van der Waals surface area contributed by atoms with E-state index in [4.69, 9.17) is 0 Å². The molecular weight excluding hydrogens is 330 g/mol. The minimum atomic E-state index is 0.732. The number of anilines is 2. The van der Waals surface area contributed by atoms with Crippen molar-refractivity contribution in [3.05, 3.63) is 52.6 Å². The second-order valence-electron chi connectivity index (χ2n) is 4.98. The number of nitrogens with zero attached hydrogens (tertiary/aromatic N) is 3. The molecule has 0 amide bonds. The lowest BCUT2D eigenvalue weighted by atomic mass is 10.1. The van der Waals surface area contributed by atoms with Crippen LogP contribution in [0.3, 0.4) is 0 Å². The Morgan fingerprint density at radius 3 is 2.48 bits per heavy atom. The molecule has 2 aromatic rings. The molecule has 1 aliphatic rings. The summed E-state index contributed by atoms with van der Waals surface area (Å²) in [5, 5.41) is 0. The molecule has 0 N–H and O–H groups in total. The highest BCUT2D eigenvalue weighted by atomic mass is 79.9. The normalized spacial score (nSPS) is 15.1. The van der Waals surface area contributed by atoms with Gasteiger partial charge in [-0.15, -0.1) is 0 Å². The molecule has 1 saturated heterocycles. The maximum atomic E-state index is 11.2. The monoisotopic (exact) mass is 345 g/mol. The molecule has 1 fully saturated rings. The number of carbonyl (C=O) groups is 1. The lowest BCUT2D eigenvalue weighted by Crippen LogP contribution is -2.47. The van der Waals surface area contributed by atoms with Gasteiger partial charge in [-0.05, 0) is 30.3 Å². The molecule has 1 aliphatic heterocycles. The first-order valence-electron chi connectivity index (χ1n) is 6.93. The summed E-state index contributed by atoms with van der Waals surface area (Å²) < 4.78 is 0.931. The fourth-order valence-corrected chi connectivity index (χ4v) is 3.00. The molecule has 0 saturated carbocycles. The van der Waals surface area contributed by atoms with Crippen LogP contribution in [0.1, 0.15) is 10.4 Å². The number of halogens is 1. The average Bonchev–Trinajstić information content (AvgIpc) is 2.56. The molecule has 0 unspecified atom stereocenters. The van der Waals surface area contributed by atoms with Gasteiger partial charge in [-0.2, -0.15) is 0 Å². The van der Waals surface area contributed by atoms with E-state index in [1.54, 1.807) is 0 Å². The molecule has 5 heteroatoms. The van der Waals surface area contributed by atoms with Crippen molar-refractivity contribution >= 4 is 33.7 Å². The highest BCUT2D eigenvalue weighted by molar-refractivity contribution is 9.10. The molecule has 0 radical (unpaired) electrons. The van der Waals surface area contributed by atoms with Crippen molar-refractivity contribution in [1.29, 1.82) is 0 Å². The third-order valence-electron chi connectivity index (χ3n) is 3.71. The zero-order valence-corrected chi connectivity index (χ0v) is 13.2. The van der Waals surface area contributed by atoms with Crippen LogP contribution >= 0.6 is 15.9 Å². The molecule has 3 rings (SSSR count). The molecular formula is C16H16BrN3O. The van der Waals surface area contributed by atoms with Crippen LogP contribution < -0.4 is 9.80 Å². The minimum Gasteiger partial charge on any atom is -0.367 e. The highest BCUT2D eigenvalue weighted by Gasteiger charge is 2.19. The van der Waals surface area contributed by atoms with Crippen LogP contribution in [-0.2, 0) is 0 Å². The molecule has 108 valence electrons. The molecule has 0 aliphatic carbocycles. The quantitative estimate of drug-likeness (QED) is 0.801. The number of pyridine rings is 1. The van der Waals surface area contributed by atoms with Gasteiger partial charge in [-0.1, -0.05) is 22.0 Å². The first-order chi connectivity index (χ1) is 10.3. The molecule has 0 bridgehead atoms. The largest absolute Gasteiger partial charge is 0.367 e. The molecule has 0 atom stereocenters. The van der Waals surface area contributed by atoms with E-state index in [-0.39, 0.29) is 0 Å². The maximum absolute atomic E-state index is 11.2. The number of benzene rings is 1. The van der Waals surface area contributed by atoms with Gasteiger partial charge in [-0.3, -0.25) is 4.79 Å². The predicted molar refractivity (Wildman–Crippen MR) is 88.2 cm³/mol. The van der Waals surface area contributed by atoms with Crippen LogP contribution in [0.4, 0.5) is 11.5 Å². The van der Waals surface area contributed by atoms with E-state index in [1.807, 2.05) is 42.6 Å². The van der Waals surface area contributed by atoms with Gasteiger partial charge in [0.1, 0.15) is 5.82 Å². The Balaban J connectivity index is 1.73. The van der Waals surface area contributed by atoms with Gasteiger partial charge in [0, 0.05) is 48.1 Å². The summed E-state index contributed by atoms with van der Waals surface area (Å²) in [5.74, 6) is 1.02. The number of piperazine rings is 1. The Morgan fingerprint density at radius 1 is 1.05 bits per heavy atom. The van der Waals surface area contributed by atoms with Crippen molar-refractivity contribution in [3.63, 3.8) is 0 Å². The van der Waals surface area contributed by atoms with Gasteiger partial charge in [0.2, 0.25) is 0 Å². The van der Waals surface area contributed by atoms with Crippen molar-refractivity contribution < 1.29 is 4.79 Å². The molecule has 2 heterocycles. The van der Waals surface area contributed by atoms with Gasteiger partial charge in [0.05, 0.1) is 0 Å². The summed E-state index contributed by atoms with van der Waals surface area (Å²) in [6.07, 6.45) is 2.74. The van der Waals surface area contributed by atoms with Crippen LogP contribution in [0.2, 0.25) is 0 Å². The fourth-order valence-electron chi connectivity index (χ4n) is 2.63. The fraction of sp³-hybridized carbons (Fsp3) is 0.250. The van der Waals surface area contributed by atoms with Gasteiger partial charge in [0.25, 0.3) is 0 Å². The zero-order chi connectivity index (χ0) is 14.7. The first-order valence-corrected chi connectivity index (χ1v) is 7.73. The Hall–Kier alpha value is -1.88. The summed E-state index contributed by atoms with van der Waals surface area (Å²) >= 11 is 3.41. The third-order valence-corrected chi connectivity index (χ3v) is 4.20. The van der Waals surface area contributed by atoms with E-state index in [0.717, 1.165) is 54.0 Å². The van der Waals surface area contributed by atoms with Gasteiger partial charge in [-0.25, -0.2) is 4.98 Å². The van der Waals surface area contributed by atoms with E-state index in [9.17, 15) is 4.79 Å². The number of aromatic nitrogens is 1. The van der Waals surface area contributed by atoms with E-state index in [1.165, 1.54) is 0 Å². The molecule has 21 heavy (non-hydrogen) atoms. The van der Waals surface area contributed by atoms with Crippen molar-refractivity contribution in [3.8, 4) is 0 Å². The van der Waals surface area contributed by atoms with E-state index < -0.39 is 0 Å². The Labute approximate surface area is 132 Å². The molecule has 1 aromatic carbocycles. The number of carbonyl (C=O) groups excluding carboxylic acids is 1. The van der Waals surface area contributed by atoms with Gasteiger partial charge >= 0.3 is 0 Å². The smallest absolute Gasteiger partial charge is 0.152 e. The lowest BCUT2D eigenvalue weighted by molar-refractivity contribution is 0.112. The minimum absolute atomic E-state index is 0.732. The summed E-state index contributed by atoms with van der Waals surface area (Å²) in [5.41, 5.74) is 1.74. The van der Waals surface area contributed by atoms with Gasteiger partial charge in [0.15, 0.2) is 6.29 Å². The van der Waals surface area contributed by atoms with Crippen molar-refractivity contribution in [2.24, 2.45) is 0 Å². The van der Waals surface area contributed by atoms with E-state index in [2.05, 4.69) is 30.7 Å². The van der Waals surface area contributed by atoms with Crippen LogP contribution in [-0.4, -0.2) is 37.4 Å². The SMILES string of the molecule is O=Cc1cc(Br)ccc1N1CCN(c2ccccn2)CC1. The predicted octanol–water partition coefficient (Wildman–Crippen LogP) is 2.98. The van der Waals surface area contributed by atoms with Crippen molar-refractivity contribution in [2.45, 2.75) is 0 Å². The van der Waals surface area contributed by atoms with E-state index >= 15 is 0 Å². The Kier molecular flexibility index (Phi) is 4.20. The number of aldehydes is 1. The number of rotatable bonds is 3. The second kappa shape index (κ2) is 6.26. The standard InChI is InChI=1S/C16H16BrN3O/c17-14-4-5-15(13(11-14)12-21)19-7-9-20(10-8-19)16-3-1-2-6-18-16/h1-6,11-12H,7-10H2. The zero-order valence-electron chi connectivity index (χ0n) is 11.6. The Morgan fingerprint density at radius 2 is 1.81 bits per heavy atom. The first kappa shape index (κ1) is 14.1. The molecule has 1 aromatic heterocycles. The van der Waals surface area contributed by atoms with Crippen LogP contribution in [0.15, 0.2) is 47.1 Å². The van der Waals surface area contributed by atoms with Crippen LogP contribution in [0.5, 0.6) is 0 Å². The third kappa shape index (κ3) is 3.08. The second-order valence-corrected chi connectivity index (χ2v) is 5.90. The average molecular weight is 346 g/mol.